The van der Waals surface area contributed by atoms with Crippen LogP contribution in [0.25, 0.3) is 0 Å². The number of halogens is 1. The molecule has 78 valence electrons. The molecule has 0 radical (unpaired) electrons. The predicted octanol–water partition coefficient (Wildman–Crippen LogP) is 4.99. The van der Waals surface area contributed by atoms with Crippen molar-refractivity contribution in [2.45, 2.75) is 34.6 Å². The maximum atomic E-state index is 5.94. The van der Waals surface area contributed by atoms with Gasteiger partial charge in [-0.15, -0.1) is 0 Å². The van der Waals surface area contributed by atoms with Crippen molar-refractivity contribution in [3.8, 4) is 0 Å². The normalized spacial score (nSPS) is 11.6. The average molecular weight is 211 g/mol. The van der Waals surface area contributed by atoms with Gasteiger partial charge in [-0.05, 0) is 45.8 Å². The molecule has 0 aliphatic heterocycles. The van der Waals surface area contributed by atoms with Crippen LogP contribution in [-0.2, 0) is 0 Å². The minimum atomic E-state index is 0.598. The molecule has 0 heterocycles. The molecular formula is C13H19Cl. The van der Waals surface area contributed by atoms with Gasteiger partial charge in [-0.25, -0.2) is 0 Å². The first-order chi connectivity index (χ1) is 6.34. The molecular weight excluding hydrogens is 192 g/mol. The monoisotopic (exact) mass is 210 g/mol. The molecule has 0 amide bonds. The van der Waals surface area contributed by atoms with Gasteiger partial charge in [0.1, 0.15) is 0 Å². The Kier molecular flexibility index (Phi) is 5.56. The van der Waals surface area contributed by atoms with Crippen LogP contribution in [0.5, 0.6) is 0 Å². The molecule has 0 aromatic carbocycles. The van der Waals surface area contributed by atoms with E-state index < -0.39 is 0 Å². The van der Waals surface area contributed by atoms with Crippen LogP contribution in [0.4, 0.5) is 0 Å². The molecule has 0 N–H and O–H groups in total. The third-order valence-corrected chi connectivity index (χ3v) is 1.86. The Morgan fingerprint density at radius 1 is 0.929 bits per heavy atom. The third kappa shape index (κ3) is 5.08. The summed E-state index contributed by atoms with van der Waals surface area (Å²) in [6, 6.07) is 0. The van der Waals surface area contributed by atoms with Gasteiger partial charge in [0, 0.05) is 5.03 Å². The van der Waals surface area contributed by atoms with Gasteiger partial charge in [-0.1, -0.05) is 41.5 Å². The van der Waals surface area contributed by atoms with Crippen molar-refractivity contribution in [2.75, 3.05) is 0 Å². The Balaban J connectivity index is 5.28. The van der Waals surface area contributed by atoms with E-state index in [0.717, 1.165) is 11.1 Å². The van der Waals surface area contributed by atoms with Gasteiger partial charge in [0.25, 0.3) is 0 Å². The predicted molar refractivity (Wildman–Crippen MR) is 66.6 cm³/mol. The minimum absolute atomic E-state index is 0.598. The van der Waals surface area contributed by atoms with Crippen LogP contribution < -0.4 is 0 Å². The van der Waals surface area contributed by atoms with E-state index in [1.54, 1.807) is 0 Å². The van der Waals surface area contributed by atoms with Crippen LogP contribution in [0.3, 0.4) is 0 Å². The lowest BCUT2D eigenvalue weighted by atomic mass is 10.1. The van der Waals surface area contributed by atoms with Crippen LogP contribution in [0.2, 0.25) is 0 Å². The molecule has 0 unspecified atom stereocenters. The lowest BCUT2D eigenvalue weighted by Crippen LogP contribution is -1.85. The Labute approximate surface area is 92.7 Å². The second-order valence-electron chi connectivity index (χ2n) is 3.94. The Hall–Kier alpha value is -0.750. The van der Waals surface area contributed by atoms with Crippen molar-refractivity contribution in [3.63, 3.8) is 0 Å². The number of hydrogen-bond donors (Lipinski definition) is 0. The number of rotatable bonds is 3. The summed E-state index contributed by atoms with van der Waals surface area (Å²) in [6.45, 7) is 14.1. The molecule has 0 nitrogen and oxygen atoms in total. The third-order valence-electron chi connectivity index (χ3n) is 1.66. The summed E-state index contributed by atoms with van der Waals surface area (Å²) in [6.07, 6.45) is 4.17. The summed E-state index contributed by atoms with van der Waals surface area (Å²) in [4.78, 5) is 0. The molecule has 0 aromatic heterocycles. The second kappa shape index (κ2) is 5.87. The molecule has 0 bridgehead atoms. The van der Waals surface area contributed by atoms with Gasteiger partial charge in [0.05, 0.1) is 0 Å². The fourth-order valence-electron chi connectivity index (χ4n) is 1.21. The van der Waals surface area contributed by atoms with Crippen LogP contribution in [0.1, 0.15) is 34.6 Å². The van der Waals surface area contributed by atoms with E-state index in [4.69, 9.17) is 11.6 Å². The van der Waals surface area contributed by atoms with Gasteiger partial charge in [0.15, 0.2) is 0 Å². The van der Waals surface area contributed by atoms with E-state index in [-0.39, 0.29) is 0 Å². The molecule has 0 fully saturated rings. The zero-order valence-corrected chi connectivity index (χ0v) is 10.5. The van der Waals surface area contributed by atoms with Crippen molar-refractivity contribution in [3.05, 3.63) is 46.1 Å². The topological polar surface area (TPSA) is 0 Å². The standard InChI is InChI=1S/C13H19Cl/c1-9(2)7-11(5)13(12(6)14)8-10(3)4/h7-8H,6H2,1-5H3/b13-11-. The van der Waals surface area contributed by atoms with E-state index in [1.807, 2.05) is 0 Å². The molecule has 0 aliphatic rings. The van der Waals surface area contributed by atoms with E-state index >= 15 is 0 Å². The van der Waals surface area contributed by atoms with E-state index in [9.17, 15) is 0 Å². The molecule has 0 rings (SSSR count). The van der Waals surface area contributed by atoms with Gasteiger partial charge < -0.3 is 0 Å². The zero-order chi connectivity index (χ0) is 11.3. The number of allylic oxidation sites excluding steroid dienone is 7. The van der Waals surface area contributed by atoms with Crippen molar-refractivity contribution >= 4 is 11.6 Å². The lowest BCUT2D eigenvalue weighted by Gasteiger charge is -2.04. The highest BCUT2D eigenvalue weighted by atomic mass is 35.5. The van der Waals surface area contributed by atoms with Crippen molar-refractivity contribution in [1.29, 1.82) is 0 Å². The Bertz CT molecular complexity index is 306. The van der Waals surface area contributed by atoms with Crippen LogP contribution in [0, 0.1) is 0 Å². The smallest absolute Gasteiger partial charge is 0.0409 e. The highest BCUT2D eigenvalue weighted by Crippen LogP contribution is 2.21. The maximum Gasteiger partial charge on any atom is 0.0409 e. The maximum absolute atomic E-state index is 5.94. The van der Waals surface area contributed by atoms with Crippen molar-refractivity contribution in [2.24, 2.45) is 0 Å². The fourth-order valence-corrected chi connectivity index (χ4v) is 1.41. The van der Waals surface area contributed by atoms with Gasteiger partial charge >= 0.3 is 0 Å². The second-order valence-corrected chi connectivity index (χ2v) is 4.40. The summed E-state index contributed by atoms with van der Waals surface area (Å²) in [5.74, 6) is 0. The highest BCUT2D eigenvalue weighted by molar-refractivity contribution is 6.32. The fraction of sp³-hybridized carbons (Fsp3) is 0.385. The van der Waals surface area contributed by atoms with Gasteiger partial charge in [-0.3, -0.25) is 0 Å². The highest BCUT2D eigenvalue weighted by Gasteiger charge is 2.00. The Morgan fingerprint density at radius 2 is 1.36 bits per heavy atom. The summed E-state index contributed by atoms with van der Waals surface area (Å²) >= 11 is 5.94. The first-order valence-corrected chi connectivity index (χ1v) is 5.08. The van der Waals surface area contributed by atoms with Gasteiger partial charge in [0.2, 0.25) is 0 Å². The van der Waals surface area contributed by atoms with Crippen molar-refractivity contribution < 1.29 is 0 Å². The largest absolute Gasteiger partial charge is 0.0843 e. The average Bonchev–Trinajstić information content (AvgIpc) is 1.97. The zero-order valence-electron chi connectivity index (χ0n) is 9.74. The number of hydrogen-bond acceptors (Lipinski definition) is 0. The molecule has 0 saturated carbocycles. The molecule has 0 aliphatic carbocycles. The molecule has 1 heteroatoms. The van der Waals surface area contributed by atoms with Crippen LogP contribution in [0.15, 0.2) is 46.1 Å². The first kappa shape index (κ1) is 13.2. The first-order valence-electron chi connectivity index (χ1n) is 4.70. The Morgan fingerprint density at radius 3 is 1.64 bits per heavy atom. The lowest BCUT2D eigenvalue weighted by molar-refractivity contribution is 1.31. The quantitative estimate of drug-likeness (QED) is 0.576. The van der Waals surface area contributed by atoms with E-state index in [1.165, 1.54) is 11.1 Å². The van der Waals surface area contributed by atoms with Gasteiger partial charge in [-0.2, -0.15) is 0 Å². The minimum Gasteiger partial charge on any atom is -0.0843 e. The summed E-state index contributed by atoms with van der Waals surface area (Å²) < 4.78 is 0. The molecule has 0 aromatic rings. The van der Waals surface area contributed by atoms with Crippen molar-refractivity contribution in [1.82, 2.24) is 0 Å². The summed E-state index contributed by atoms with van der Waals surface area (Å²) in [5, 5.41) is 0.598. The van der Waals surface area contributed by atoms with Crippen LogP contribution in [-0.4, -0.2) is 0 Å². The molecule has 14 heavy (non-hydrogen) atoms. The molecule has 0 spiro atoms. The SMILES string of the molecule is C=C(Cl)/C(C=C(C)C)=C(/C)C=C(C)C. The van der Waals surface area contributed by atoms with Crippen LogP contribution >= 0.6 is 11.6 Å². The summed E-state index contributed by atoms with van der Waals surface area (Å²) in [5.41, 5.74) is 4.67. The molecule has 0 atom stereocenters. The van der Waals surface area contributed by atoms with E-state index in [2.05, 4.69) is 53.3 Å². The van der Waals surface area contributed by atoms with E-state index in [0.29, 0.717) is 5.03 Å². The molecule has 0 saturated heterocycles. The summed E-state index contributed by atoms with van der Waals surface area (Å²) in [7, 11) is 0.